The maximum atomic E-state index is 14.2. The van der Waals surface area contributed by atoms with E-state index in [0.29, 0.717) is 17.8 Å². The fraction of sp³-hybridized carbons (Fsp3) is 0.375. The molecule has 0 spiro atoms. The molecule has 0 aromatic heterocycles. The van der Waals surface area contributed by atoms with Gasteiger partial charge in [-0.3, -0.25) is 9.69 Å². The number of nitrogens with one attached hydrogen (secondary N) is 1. The van der Waals surface area contributed by atoms with Gasteiger partial charge in [-0.2, -0.15) is 0 Å². The van der Waals surface area contributed by atoms with Crippen molar-refractivity contribution in [1.29, 1.82) is 0 Å². The number of rotatable bonds is 2. The van der Waals surface area contributed by atoms with Crippen molar-refractivity contribution in [2.45, 2.75) is 25.9 Å². The number of benzene rings is 1. The number of nitrogens with zero attached hydrogens (tertiary/aromatic N) is 2. The molecular formula is C16H16F3N3O2. The van der Waals surface area contributed by atoms with Crippen LogP contribution in [0.15, 0.2) is 23.4 Å². The van der Waals surface area contributed by atoms with Crippen LogP contribution in [0.5, 0.6) is 0 Å². The zero-order chi connectivity index (χ0) is 17.8. The molecule has 3 amide bonds. The van der Waals surface area contributed by atoms with Crippen molar-refractivity contribution in [1.82, 2.24) is 15.1 Å². The molecule has 0 bridgehead atoms. The van der Waals surface area contributed by atoms with Gasteiger partial charge in [-0.05, 0) is 19.9 Å². The SMILES string of the molecule is CC(C)N1CC2=C(C1=O)[C@H](c1cc(F)c(F)cc1F)NC(=O)N2C. The lowest BCUT2D eigenvalue weighted by molar-refractivity contribution is -0.127. The number of likely N-dealkylation sites (N-methyl/N-ethyl adjacent to an activating group) is 1. The van der Waals surface area contributed by atoms with E-state index in [0.717, 1.165) is 0 Å². The Kier molecular flexibility index (Phi) is 3.77. The highest BCUT2D eigenvalue weighted by Crippen LogP contribution is 2.37. The van der Waals surface area contributed by atoms with E-state index in [4.69, 9.17) is 0 Å². The first-order valence-corrected chi connectivity index (χ1v) is 7.45. The zero-order valence-electron chi connectivity index (χ0n) is 13.4. The second kappa shape index (κ2) is 5.54. The number of hydrogen-bond donors (Lipinski definition) is 1. The first kappa shape index (κ1) is 16.4. The summed E-state index contributed by atoms with van der Waals surface area (Å²) in [4.78, 5) is 27.6. The molecule has 1 aromatic carbocycles. The van der Waals surface area contributed by atoms with Gasteiger partial charge in [0.05, 0.1) is 23.9 Å². The summed E-state index contributed by atoms with van der Waals surface area (Å²) in [6.45, 7) is 3.84. The molecule has 0 fully saturated rings. The van der Waals surface area contributed by atoms with E-state index in [2.05, 4.69) is 5.32 Å². The lowest BCUT2D eigenvalue weighted by Crippen LogP contribution is -2.45. The molecular weight excluding hydrogens is 323 g/mol. The predicted octanol–water partition coefficient (Wildman–Crippen LogP) is 2.30. The van der Waals surface area contributed by atoms with Crippen LogP contribution in [0.2, 0.25) is 0 Å². The van der Waals surface area contributed by atoms with E-state index in [-0.39, 0.29) is 29.6 Å². The molecule has 0 saturated carbocycles. The third-order valence-electron chi connectivity index (χ3n) is 4.36. The molecule has 1 atom stereocenters. The minimum absolute atomic E-state index is 0.123. The van der Waals surface area contributed by atoms with E-state index >= 15 is 0 Å². The Balaban J connectivity index is 2.13. The maximum absolute atomic E-state index is 14.2. The van der Waals surface area contributed by atoms with Crippen molar-refractivity contribution in [3.05, 3.63) is 46.4 Å². The van der Waals surface area contributed by atoms with Crippen LogP contribution < -0.4 is 5.32 Å². The second-order valence-electron chi connectivity index (χ2n) is 6.12. The van der Waals surface area contributed by atoms with Crippen LogP contribution in [-0.2, 0) is 4.79 Å². The Hall–Kier alpha value is -2.51. The van der Waals surface area contributed by atoms with Gasteiger partial charge < -0.3 is 10.2 Å². The second-order valence-corrected chi connectivity index (χ2v) is 6.12. The molecule has 0 unspecified atom stereocenters. The predicted molar refractivity (Wildman–Crippen MR) is 79.2 cm³/mol. The molecule has 8 heteroatoms. The number of halogens is 3. The zero-order valence-corrected chi connectivity index (χ0v) is 13.4. The molecule has 0 saturated heterocycles. The van der Waals surface area contributed by atoms with Crippen LogP contribution in [0, 0.1) is 17.5 Å². The number of urea groups is 1. The summed E-state index contributed by atoms with van der Waals surface area (Å²) < 4.78 is 40.9. The van der Waals surface area contributed by atoms with Crippen LogP contribution in [-0.4, -0.2) is 41.4 Å². The molecule has 1 aromatic rings. The van der Waals surface area contributed by atoms with Gasteiger partial charge in [0.1, 0.15) is 5.82 Å². The molecule has 0 radical (unpaired) electrons. The molecule has 2 aliphatic heterocycles. The fourth-order valence-electron chi connectivity index (χ4n) is 3.00. The van der Waals surface area contributed by atoms with Gasteiger partial charge in [0.2, 0.25) is 0 Å². The van der Waals surface area contributed by atoms with Crippen LogP contribution >= 0.6 is 0 Å². The van der Waals surface area contributed by atoms with E-state index in [1.165, 1.54) is 16.8 Å². The molecule has 2 heterocycles. The van der Waals surface area contributed by atoms with Gasteiger partial charge in [0, 0.05) is 24.7 Å². The fourth-order valence-corrected chi connectivity index (χ4v) is 3.00. The molecule has 24 heavy (non-hydrogen) atoms. The van der Waals surface area contributed by atoms with Gasteiger partial charge >= 0.3 is 6.03 Å². The molecule has 2 aliphatic rings. The van der Waals surface area contributed by atoms with Gasteiger partial charge in [-0.25, -0.2) is 18.0 Å². The van der Waals surface area contributed by atoms with Crippen molar-refractivity contribution in [3.8, 4) is 0 Å². The Morgan fingerprint density at radius 1 is 1.12 bits per heavy atom. The average Bonchev–Trinajstić information content (AvgIpc) is 2.85. The smallest absolute Gasteiger partial charge is 0.322 e. The highest BCUT2D eigenvalue weighted by Gasteiger charge is 2.44. The standard InChI is InChI=1S/C16H16F3N3O2/c1-7(2)22-6-12-13(15(22)23)14(20-16(24)21(12)3)8-4-10(18)11(19)5-9(8)17/h4-5,7,14H,6H2,1-3H3,(H,20,24)/t14-/m0/s1. The van der Waals surface area contributed by atoms with Gasteiger partial charge in [-0.15, -0.1) is 0 Å². The maximum Gasteiger partial charge on any atom is 0.322 e. The average molecular weight is 339 g/mol. The highest BCUT2D eigenvalue weighted by atomic mass is 19.2. The van der Waals surface area contributed by atoms with Crippen LogP contribution in [0.3, 0.4) is 0 Å². The third kappa shape index (κ3) is 2.33. The highest BCUT2D eigenvalue weighted by molar-refractivity contribution is 6.01. The van der Waals surface area contributed by atoms with Crippen molar-refractivity contribution in [2.75, 3.05) is 13.6 Å². The van der Waals surface area contributed by atoms with Crippen molar-refractivity contribution in [3.63, 3.8) is 0 Å². The lowest BCUT2D eigenvalue weighted by Gasteiger charge is -2.31. The Bertz CT molecular complexity index is 776. The van der Waals surface area contributed by atoms with Crippen molar-refractivity contribution < 1.29 is 22.8 Å². The first-order chi connectivity index (χ1) is 11.2. The summed E-state index contributed by atoms with van der Waals surface area (Å²) in [5.74, 6) is -3.95. The van der Waals surface area contributed by atoms with E-state index in [1.807, 2.05) is 13.8 Å². The number of carbonyl (C=O) groups is 2. The summed E-state index contributed by atoms with van der Waals surface area (Å²) in [6, 6.07) is -0.732. The Morgan fingerprint density at radius 3 is 2.38 bits per heavy atom. The minimum atomic E-state index is -1.33. The quantitative estimate of drug-likeness (QED) is 0.841. The van der Waals surface area contributed by atoms with Gasteiger partial charge in [0.25, 0.3) is 5.91 Å². The van der Waals surface area contributed by atoms with Crippen LogP contribution in [0.25, 0.3) is 0 Å². The summed E-state index contributed by atoms with van der Waals surface area (Å²) >= 11 is 0. The molecule has 3 rings (SSSR count). The lowest BCUT2D eigenvalue weighted by atomic mass is 9.95. The molecule has 5 nitrogen and oxygen atoms in total. The third-order valence-corrected chi connectivity index (χ3v) is 4.36. The normalized spacial score (nSPS) is 20.9. The number of amides is 3. The molecule has 1 N–H and O–H groups in total. The topological polar surface area (TPSA) is 52.7 Å². The van der Waals surface area contributed by atoms with E-state index < -0.39 is 29.5 Å². The number of hydrogen-bond acceptors (Lipinski definition) is 2. The molecule has 128 valence electrons. The van der Waals surface area contributed by atoms with Crippen molar-refractivity contribution in [2.24, 2.45) is 0 Å². The monoisotopic (exact) mass is 339 g/mol. The number of carbonyl (C=O) groups excluding carboxylic acids is 2. The van der Waals surface area contributed by atoms with E-state index in [9.17, 15) is 22.8 Å². The summed E-state index contributed by atoms with van der Waals surface area (Å²) in [5.41, 5.74) is 0.337. The molecule has 0 aliphatic carbocycles. The Labute approximate surface area is 136 Å². The van der Waals surface area contributed by atoms with Crippen LogP contribution in [0.1, 0.15) is 25.5 Å². The van der Waals surface area contributed by atoms with Crippen molar-refractivity contribution >= 4 is 11.9 Å². The largest absolute Gasteiger partial charge is 0.331 e. The first-order valence-electron chi connectivity index (χ1n) is 7.45. The van der Waals surface area contributed by atoms with Gasteiger partial charge in [0.15, 0.2) is 11.6 Å². The summed E-state index contributed by atoms with van der Waals surface area (Å²) in [5, 5.41) is 2.48. The Morgan fingerprint density at radius 2 is 1.75 bits per heavy atom. The minimum Gasteiger partial charge on any atom is -0.331 e. The summed E-state index contributed by atoms with van der Waals surface area (Å²) in [6.07, 6.45) is 0. The van der Waals surface area contributed by atoms with Crippen LogP contribution in [0.4, 0.5) is 18.0 Å². The van der Waals surface area contributed by atoms with Gasteiger partial charge in [-0.1, -0.05) is 0 Å². The van der Waals surface area contributed by atoms with E-state index in [1.54, 1.807) is 0 Å². The summed E-state index contributed by atoms with van der Waals surface area (Å²) in [7, 11) is 1.50.